The summed E-state index contributed by atoms with van der Waals surface area (Å²) >= 11 is 0. The van der Waals surface area contributed by atoms with Crippen LogP contribution in [0.1, 0.15) is 19.8 Å². The van der Waals surface area contributed by atoms with Crippen molar-refractivity contribution in [2.75, 3.05) is 45.2 Å². The maximum absolute atomic E-state index is 12.2. The molecule has 6 nitrogen and oxygen atoms in total. The molecule has 1 atom stereocenters. The molecule has 0 aliphatic carbocycles. The van der Waals surface area contributed by atoms with E-state index in [0.717, 1.165) is 24.4 Å². The summed E-state index contributed by atoms with van der Waals surface area (Å²) in [5.41, 5.74) is 0.811. The van der Waals surface area contributed by atoms with Gasteiger partial charge < -0.3 is 19.9 Å². The van der Waals surface area contributed by atoms with E-state index < -0.39 is 0 Å². The number of hydrogen-bond donors (Lipinski definition) is 1. The summed E-state index contributed by atoms with van der Waals surface area (Å²) in [4.78, 5) is 28.2. The van der Waals surface area contributed by atoms with Gasteiger partial charge in [0.05, 0.1) is 12.5 Å². The van der Waals surface area contributed by atoms with Crippen LogP contribution < -0.4 is 15.0 Å². The largest absolute Gasteiger partial charge is 0.494 e. The molecule has 2 amide bonds. The second-order valence-electron chi connectivity index (χ2n) is 6.28. The first-order valence-corrected chi connectivity index (χ1v) is 8.47. The first-order valence-electron chi connectivity index (χ1n) is 8.47. The predicted octanol–water partition coefficient (Wildman–Crippen LogP) is 1.51. The topological polar surface area (TPSA) is 61.9 Å². The van der Waals surface area contributed by atoms with E-state index >= 15 is 0 Å². The van der Waals surface area contributed by atoms with Crippen LogP contribution in [0.4, 0.5) is 5.69 Å². The lowest BCUT2D eigenvalue weighted by atomic mass is 10.1. The highest BCUT2D eigenvalue weighted by Crippen LogP contribution is 2.27. The van der Waals surface area contributed by atoms with Crippen molar-refractivity contribution in [1.29, 1.82) is 0 Å². The lowest BCUT2D eigenvalue weighted by Gasteiger charge is -2.17. The van der Waals surface area contributed by atoms with E-state index in [0.29, 0.717) is 19.7 Å². The number of benzene rings is 1. The predicted molar refractivity (Wildman–Crippen MR) is 94.3 cm³/mol. The zero-order valence-electron chi connectivity index (χ0n) is 14.7. The zero-order valence-corrected chi connectivity index (χ0v) is 14.7. The highest BCUT2D eigenvalue weighted by Gasteiger charge is 2.34. The second-order valence-corrected chi connectivity index (χ2v) is 6.28. The Morgan fingerprint density at radius 3 is 2.67 bits per heavy atom. The maximum atomic E-state index is 12.2. The molecule has 1 N–H and O–H groups in total. The van der Waals surface area contributed by atoms with Crippen LogP contribution in [0.15, 0.2) is 24.3 Å². The van der Waals surface area contributed by atoms with Crippen molar-refractivity contribution in [2.45, 2.75) is 19.8 Å². The molecule has 1 aliphatic rings. The SMILES string of the molecule is CCOc1ccc(N2CC(C(=O)NCCCN(C)C)CC2=O)cc1. The molecule has 0 saturated carbocycles. The Morgan fingerprint density at radius 2 is 2.04 bits per heavy atom. The third-order valence-corrected chi connectivity index (χ3v) is 4.04. The van der Waals surface area contributed by atoms with Crippen molar-refractivity contribution >= 4 is 17.5 Å². The number of ether oxygens (including phenoxy) is 1. The van der Waals surface area contributed by atoms with Crippen LogP contribution >= 0.6 is 0 Å². The van der Waals surface area contributed by atoms with Crippen LogP contribution in [0.5, 0.6) is 5.75 Å². The van der Waals surface area contributed by atoms with Gasteiger partial charge in [-0.15, -0.1) is 0 Å². The van der Waals surface area contributed by atoms with Gasteiger partial charge in [0.15, 0.2) is 0 Å². The number of nitrogens with one attached hydrogen (secondary N) is 1. The molecule has 1 aromatic rings. The summed E-state index contributed by atoms with van der Waals surface area (Å²) in [6.07, 6.45) is 1.18. The molecular weight excluding hydrogens is 306 g/mol. The quantitative estimate of drug-likeness (QED) is 0.733. The first-order chi connectivity index (χ1) is 11.5. The summed E-state index contributed by atoms with van der Waals surface area (Å²) < 4.78 is 5.41. The Morgan fingerprint density at radius 1 is 1.33 bits per heavy atom. The van der Waals surface area contributed by atoms with Gasteiger partial charge in [0.2, 0.25) is 11.8 Å². The van der Waals surface area contributed by atoms with E-state index in [9.17, 15) is 9.59 Å². The van der Waals surface area contributed by atoms with E-state index in [1.807, 2.05) is 45.3 Å². The summed E-state index contributed by atoms with van der Waals surface area (Å²) in [6.45, 7) is 4.55. The molecule has 132 valence electrons. The number of hydrogen-bond acceptors (Lipinski definition) is 4. The minimum Gasteiger partial charge on any atom is -0.494 e. The lowest BCUT2D eigenvalue weighted by Crippen LogP contribution is -2.34. The van der Waals surface area contributed by atoms with Gasteiger partial charge in [-0.05, 0) is 58.3 Å². The van der Waals surface area contributed by atoms with Crippen molar-refractivity contribution in [1.82, 2.24) is 10.2 Å². The average molecular weight is 333 g/mol. The molecule has 0 bridgehead atoms. The molecule has 2 rings (SSSR count). The molecule has 1 fully saturated rings. The normalized spacial score (nSPS) is 17.4. The fourth-order valence-corrected chi connectivity index (χ4v) is 2.77. The highest BCUT2D eigenvalue weighted by atomic mass is 16.5. The standard InChI is InChI=1S/C18H27N3O3/c1-4-24-16-8-6-15(7-9-16)21-13-14(12-17(21)22)18(23)19-10-5-11-20(2)3/h6-9,14H,4-5,10-13H2,1-3H3,(H,19,23). The first kappa shape index (κ1) is 18.3. The molecule has 0 aromatic heterocycles. The van der Waals surface area contributed by atoms with Gasteiger partial charge in [-0.1, -0.05) is 0 Å². The molecule has 1 saturated heterocycles. The van der Waals surface area contributed by atoms with Crippen LogP contribution in [0, 0.1) is 5.92 Å². The molecule has 0 radical (unpaired) electrons. The van der Waals surface area contributed by atoms with Gasteiger partial charge in [0.25, 0.3) is 0 Å². The molecule has 1 heterocycles. The van der Waals surface area contributed by atoms with E-state index in [1.54, 1.807) is 4.90 Å². The molecule has 1 aliphatic heterocycles. The molecule has 0 spiro atoms. The molecule has 24 heavy (non-hydrogen) atoms. The van der Waals surface area contributed by atoms with Crippen molar-refractivity contribution in [2.24, 2.45) is 5.92 Å². The molecule has 1 aromatic carbocycles. The minimum absolute atomic E-state index is 0.00685. The van der Waals surface area contributed by atoms with E-state index in [4.69, 9.17) is 4.74 Å². The zero-order chi connectivity index (χ0) is 17.5. The fraction of sp³-hybridized carbons (Fsp3) is 0.556. The van der Waals surface area contributed by atoms with Gasteiger partial charge >= 0.3 is 0 Å². The summed E-state index contributed by atoms with van der Waals surface area (Å²) in [5.74, 6) is 0.467. The smallest absolute Gasteiger partial charge is 0.227 e. The van der Waals surface area contributed by atoms with Crippen molar-refractivity contribution in [3.8, 4) is 5.75 Å². The maximum Gasteiger partial charge on any atom is 0.227 e. The van der Waals surface area contributed by atoms with Gasteiger partial charge in [-0.25, -0.2) is 0 Å². The number of anilines is 1. The van der Waals surface area contributed by atoms with Crippen molar-refractivity contribution in [3.63, 3.8) is 0 Å². The van der Waals surface area contributed by atoms with E-state index in [2.05, 4.69) is 10.2 Å². The second kappa shape index (κ2) is 8.68. The number of carbonyl (C=O) groups is 2. The number of amides is 2. The summed E-state index contributed by atoms with van der Waals surface area (Å²) in [7, 11) is 4.01. The van der Waals surface area contributed by atoms with Gasteiger partial charge in [0, 0.05) is 25.2 Å². The molecular formula is C18H27N3O3. The molecule has 6 heteroatoms. The monoisotopic (exact) mass is 333 g/mol. The molecule has 1 unspecified atom stereocenters. The highest BCUT2D eigenvalue weighted by molar-refractivity contribution is 6.00. The van der Waals surface area contributed by atoms with Gasteiger partial charge in [-0.2, -0.15) is 0 Å². The Balaban J connectivity index is 1.87. The van der Waals surface area contributed by atoms with E-state index in [1.165, 1.54) is 0 Å². The van der Waals surface area contributed by atoms with Crippen LogP contribution in [-0.2, 0) is 9.59 Å². The number of rotatable bonds is 8. The fourth-order valence-electron chi connectivity index (χ4n) is 2.77. The Bertz CT molecular complexity index is 557. The van der Waals surface area contributed by atoms with Crippen LogP contribution in [-0.4, -0.2) is 57.1 Å². The summed E-state index contributed by atoms with van der Waals surface area (Å²) in [6, 6.07) is 7.42. The number of carbonyl (C=O) groups excluding carboxylic acids is 2. The summed E-state index contributed by atoms with van der Waals surface area (Å²) in [5, 5.41) is 2.93. The van der Waals surface area contributed by atoms with Gasteiger partial charge in [-0.3, -0.25) is 9.59 Å². The Kier molecular flexibility index (Phi) is 6.61. The van der Waals surface area contributed by atoms with Crippen LogP contribution in [0.3, 0.4) is 0 Å². The van der Waals surface area contributed by atoms with Crippen LogP contribution in [0.2, 0.25) is 0 Å². The van der Waals surface area contributed by atoms with Gasteiger partial charge in [0.1, 0.15) is 5.75 Å². The van der Waals surface area contributed by atoms with Crippen molar-refractivity contribution < 1.29 is 14.3 Å². The Hall–Kier alpha value is -2.08. The van der Waals surface area contributed by atoms with Crippen molar-refractivity contribution in [3.05, 3.63) is 24.3 Å². The average Bonchev–Trinajstić information content (AvgIpc) is 2.94. The Labute approximate surface area is 143 Å². The van der Waals surface area contributed by atoms with E-state index in [-0.39, 0.29) is 24.2 Å². The number of nitrogens with zero attached hydrogens (tertiary/aromatic N) is 2. The third-order valence-electron chi connectivity index (χ3n) is 4.04. The van der Waals surface area contributed by atoms with Crippen LogP contribution in [0.25, 0.3) is 0 Å². The lowest BCUT2D eigenvalue weighted by molar-refractivity contribution is -0.126. The minimum atomic E-state index is -0.275. The third kappa shape index (κ3) is 4.96.